The monoisotopic (exact) mass is 1050 g/mol. The van der Waals surface area contributed by atoms with E-state index in [9.17, 15) is 14.4 Å². The van der Waals surface area contributed by atoms with Crippen molar-refractivity contribution >= 4 is 17.9 Å². The van der Waals surface area contributed by atoms with Gasteiger partial charge in [0, 0.05) is 19.3 Å². The van der Waals surface area contributed by atoms with E-state index in [0.29, 0.717) is 19.3 Å². The minimum Gasteiger partial charge on any atom is -0.462 e. The summed E-state index contributed by atoms with van der Waals surface area (Å²) < 4.78 is 16.9. The second-order valence-corrected chi connectivity index (χ2v) is 22.0. The van der Waals surface area contributed by atoms with Gasteiger partial charge in [-0.15, -0.1) is 0 Å². The fourth-order valence-electron chi connectivity index (χ4n) is 9.61. The van der Waals surface area contributed by atoms with Crippen molar-refractivity contribution < 1.29 is 28.6 Å². The molecule has 6 heteroatoms. The largest absolute Gasteiger partial charge is 0.462 e. The lowest BCUT2D eigenvalue weighted by Crippen LogP contribution is -2.30. The second-order valence-electron chi connectivity index (χ2n) is 22.0. The summed E-state index contributed by atoms with van der Waals surface area (Å²) in [4.78, 5) is 38.2. The fourth-order valence-corrected chi connectivity index (χ4v) is 9.61. The Balaban J connectivity index is 4.19. The molecule has 0 aliphatic heterocycles. The summed E-state index contributed by atoms with van der Waals surface area (Å²) in [7, 11) is 0. The van der Waals surface area contributed by atoms with Crippen LogP contribution in [-0.2, 0) is 28.6 Å². The van der Waals surface area contributed by atoms with Crippen LogP contribution >= 0.6 is 0 Å². The van der Waals surface area contributed by atoms with E-state index >= 15 is 0 Å². The van der Waals surface area contributed by atoms with Crippen molar-refractivity contribution in [2.75, 3.05) is 13.2 Å². The van der Waals surface area contributed by atoms with Gasteiger partial charge >= 0.3 is 17.9 Å². The first-order chi connectivity index (χ1) is 37.0. The van der Waals surface area contributed by atoms with E-state index in [1.807, 2.05) is 0 Å². The van der Waals surface area contributed by atoms with Crippen molar-refractivity contribution in [1.82, 2.24) is 0 Å². The van der Waals surface area contributed by atoms with Gasteiger partial charge in [-0.1, -0.05) is 300 Å². The van der Waals surface area contributed by atoms with E-state index in [1.54, 1.807) is 0 Å². The molecule has 6 nitrogen and oxygen atoms in total. The normalized spacial score (nSPS) is 12.4. The fraction of sp³-hybridized carbons (Fsp3) is 0.812. The number of ether oxygens (including phenoxy) is 3. The summed E-state index contributed by atoms with van der Waals surface area (Å²) in [6.07, 6.45) is 81.1. The van der Waals surface area contributed by atoms with Crippen LogP contribution in [0.1, 0.15) is 342 Å². The van der Waals surface area contributed by atoms with E-state index in [1.165, 1.54) is 218 Å². The number of hydrogen-bond acceptors (Lipinski definition) is 6. The number of unbranched alkanes of at least 4 members (excludes halogenated alkanes) is 39. The van der Waals surface area contributed by atoms with E-state index < -0.39 is 6.10 Å². The van der Waals surface area contributed by atoms with Gasteiger partial charge in [0.25, 0.3) is 0 Å². The zero-order valence-corrected chi connectivity index (χ0v) is 50.1. The van der Waals surface area contributed by atoms with Gasteiger partial charge < -0.3 is 14.2 Å². The van der Waals surface area contributed by atoms with E-state index in [-0.39, 0.29) is 37.5 Å². The van der Waals surface area contributed by atoms with Crippen LogP contribution in [0.25, 0.3) is 0 Å². The smallest absolute Gasteiger partial charge is 0.306 e. The molecule has 75 heavy (non-hydrogen) atoms. The van der Waals surface area contributed by atoms with Crippen LogP contribution in [0.4, 0.5) is 0 Å². The summed E-state index contributed by atoms with van der Waals surface area (Å²) in [5.41, 5.74) is 0. The number of carbonyl (C=O) groups excluding carboxylic acids is 3. The van der Waals surface area contributed by atoms with Crippen LogP contribution < -0.4 is 0 Å². The van der Waals surface area contributed by atoms with Crippen LogP contribution in [0.2, 0.25) is 0 Å². The zero-order valence-electron chi connectivity index (χ0n) is 50.1. The van der Waals surface area contributed by atoms with Crippen LogP contribution in [0.15, 0.2) is 60.8 Å². The number of allylic oxidation sites excluding steroid dienone is 10. The topological polar surface area (TPSA) is 78.9 Å². The predicted molar refractivity (Wildman–Crippen MR) is 325 cm³/mol. The van der Waals surface area contributed by atoms with Gasteiger partial charge in [0.15, 0.2) is 6.10 Å². The van der Waals surface area contributed by atoms with E-state index in [4.69, 9.17) is 14.2 Å². The van der Waals surface area contributed by atoms with E-state index in [0.717, 1.165) is 77.0 Å². The molecule has 0 saturated carbocycles. The van der Waals surface area contributed by atoms with Crippen molar-refractivity contribution in [3.8, 4) is 0 Å². The molecular weight excluding hydrogens is 925 g/mol. The van der Waals surface area contributed by atoms with Gasteiger partial charge in [0.05, 0.1) is 0 Å². The Morgan fingerprint density at radius 1 is 0.280 bits per heavy atom. The number of hydrogen-bond donors (Lipinski definition) is 0. The Bertz CT molecular complexity index is 1340. The molecule has 0 bridgehead atoms. The SMILES string of the molecule is CC/C=C\C/C=C\C/C=C\C/C=C\CCCCC(=O)OC(COC(=O)CCCCCCCCCCCCCCC)COC(=O)CCCCCCCCCCCCCCCCCCC/C=C\CCCCCCCCCC. The molecule has 436 valence electrons. The molecule has 1 unspecified atom stereocenters. The number of esters is 3. The van der Waals surface area contributed by atoms with Crippen LogP contribution in [0.3, 0.4) is 0 Å². The molecule has 0 aromatic heterocycles. The number of carbonyl (C=O) groups is 3. The minimum absolute atomic E-state index is 0.0870. The van der Waals surface area contributed by atoms with Crippen LogP contribution in [0, 0.1) is 0 Å². The molecule has 0 fully saturated rings. The van der Waals surface area contributed by atoms with Crippen molar-refractivity contribution in [3.63, 3.8) is 0 Å². The number of rotatable bonds is 60. The third kappa shape index (κ3) is 61.8. The summed E-state index contributed by atoms with van der Waals surface area (Å²) >= 11 is 0. The maximum absolute atomic E-state index is 12.9. The van der Waals surface area contributed by atoms with Gasteiger partial charge in [-0.3, -0.25) is 14.4 Å². The molecule has 0 radical (unpaired) electrons. The van der Waals surface area contributed by atoms with E-state index in [2.05, 4.69) is 81.5 Å². The first-order valence-corrected chi connectivity index (χ1v) is 32.8. The molecule has 0 aliphatic rings. The molecule has 1 atom stereocenters. The summed E-state index contributed by atoms with van der Waals surface area (Å²) in [5.74, 6) is -0.911. The summed E-state index contributed by atoms with van der Waals surface area (Å²) in [6, 6.07) is 0. The summed E-state index contributed by atoms with van der Waals surface area (Å²) in [6.45, 7) is 6.53. The van der Waals surface area contributed by atoms with Crippen LogP contribution in [0.5, 0.6) is 0 Å². The molecule has 0 rings (SSSR count). The third-order valence-corrected chi connectivity index (χ3v) is 14.5. The maximum atomic E-state index is 12.9. The second kappa shape index (κ2) is 63.6. The lowest BCUT2D eigenvalue weighted by atomic mass is 10.0. The Kier molecular flexibility index (Phi) is 61.2. The molecule has 0 heterocycles. The van der Waals surface area contributed by atoms with Crippen molar-refractivity contribution in [2.24, 2.45) is 0 Å². The molecule has 0 spiro atoms. The highest BCUT2D eigenvalue weighted by atomic mass is 16.6. The zero-order chi connectivity index (χ0) is 54.3. The van der Waals surface area contributed by atoms with Gasteiger partial charge in [-0.2, -0.15) is 0 Å². The average Bonchev–Trinajstić information content (AvgIpc) is 3.41. The molecule has 0 aliphatic carbocycles. The molecule has 0 aromatic rings. The predicted octanol–water partition coefficient (Wildman–Crippen LogP) is 22.3. The van der Waals surface area contributed by atoms with Crippen molar-refractivity contribution in [3.05, 3.63) is 60.8 Å². The Labute approximate surface area is 466 Å². The van der Waals surface area contributed by atoms with Gasteiger partial charge in [0.2, 0.25) is 0 Å². The highest BCUT2D eigenvalue weighted by molar-refractivity contribution is 5.71. The van der Waals surface area contributed by atoms with Crippen molar-refractivity contribution in [2.45, 2.75) is 348 Å². The lowest BCUT2D eigenvalue weighted by Gasteiger charge is -2.18. The molecule has 0 N–H and O–H groups in total. The Hall–Kier alpha value is -2.89. The quantitative estimate of drug-likeness (QED) is 0.0261. The van der Waals surface area contributed by atoms with Gasteiger partial charge in [-0.25, -0.2) is 0 Å². The highest BCUT2D eigenvalue weighted by Gasteiger charge is 2.19. The first-order valence-electron chi connectivity index (χ1n) is 32.8. The molecule has 0 aromatic carbocycles. The maximum Gasteiger partial charge on any atom is 0.306 e. The Morgan fingerprint density at radius 3 is 0.853 bits per heavy atom. The Morgan fingerprint density at radius 2 is 0.520 bits per heavy atom. The molecule has 0 saturated heterocycles. The highest BCUT2D eigenvalue weighted by Crippen LogP contribution is 2.17. The molecular formula is C69H124O6. The average molecular weight is 1050 g/mol. The van der Waals surface area contributed by atoms with Gasteiger partial charge in [0.1, 0.15) is 13.2 Å². The van der Waals surface area contributed by atoms with Crippen molar-refractivity contribution in [1.29, 1.82) is 0 Å². The van der Waals surface area contributed by atoms with Crippen LogP contribution in [-0.4, -0.2) is 37.2 Å². The van der Waals surface area contributed by atoms with Gasteiger partial charge in [-0.05, 0) is 83.5 Å². The minimum atomic E-state index is -0.793. The standard InChI is InChI=1S/C69H124O6/c1-4-7-10-13-16-19-22-25-27-28-29-30-31-32-33-34-35-36-37-38-39-40-42-44-47-50-53-56-59-62-68(71)74-65-66(64-73-67(70)61-58-55-52-49-46-43-24-21-18-15-12-9-6-3)75-69(72)63-60-57-54-51-48-45-41-26-23-20-17-14-11-8-5-2/h8,11,17,20,26,28-29,41,48,51,66H,4-7,9-10,12-16,18-19,21-25,27,30-40,42-47,49-50,52-65H2,1-3H3/b11-8-,20-17-,29-28-,41-26-,51-48-. The lowest BCUT2D eigenvalue weighted by molar-refractivity contribution is -0.167. The molecule has 0 amide bonds. The third-order valence-electron chi connectivity index (χ3n) is 14.5. The summed E-state index contributed by atoms with van der Waals surface area (Å²) in [5, 5.41) is 0. The first kappa shape index (κ1) is 72.1.